The van der Waals surface area contributed by atoms with Crippen molar-refractivity contribution < 1.29 is 14.7 Å². The molecule has 0 aliphatic carbocycles. The van der Waals surface area contributed by atoms with Crippen molar-refractivity contribution >= 4 is 23.6 Å². The van der Waals surface area contributed by atoms with Crippen molar-refractivity contribution in [3.05, 3.63) is 47.3 Å². The molecule has 7 heteroatoms. The van der Waals surface area contributed by atoms with E-state index in [1.54, 1.807) is 42.1 Å². The zero-order valence-electron chi connectivity index (χ0n) is 13.2. The number of carbonyl (C=O) groups excluding carboxylic acids is 1. The largest absolute Gasteiger partial charge is 0.480 e. The van der Waals surface area contributed by atoms with E-state index in [1.165, 1.54) is 0 Å². The van der Waals surface area contributed by atoms with E-state index in [2.05, 4.69) is 10.4 Å². The number of rotatable bonds is 6. The number of amides is 1. The zero-order valence-corrected chi connectivity index (χ0v) is 14.1. The number of carboxylic acids is 1. The molecule has 0 spiro atoms. The van der Waals surface area contributed by atoms with Crippen LogP contribution in [0.25, 0.3) is 0 Å². The lowest BCUT2D eigenvalue weighted by molar-refractivity contribution is -0.136. The van der Waals surface area contributed by atoms with Crippen molar-refractivity contribution in [3.8, 4) is 0 Å². The van der Waals surface area contributed by atoms with Gasteiger partial charge in [0.05, 0.1) is 11.8 Å². The average Bonchev–Trinajstić information content (AvgIpc) is 2.84. The van der Waals surface area contributed by atoms with Gasteiger partial charge in [0, 0.05) is 29.7 Å². The average molecular weight is 333 g/mol. The first-order chi connectivity index (χ1) is 10.9. The van der Waals surface area contributed by atoms with E-state index < -0.39 is 11.2 Å². The van der Waals surface area contributed by atoms with Gasteiger partial charge in [0.2, 0.25) is 0 Å². The molecule has 1 aromatic carbocycles. The van der Waals surface area contributed by atoms with Crippen molar-refractivity contribution in [2.45, 2.75) is 30.5 Å². The first-order valence-corrected chi connectivity index (χ1v) is 8.02. The van der Waals surface area contributed by atoms with E-state index in [9.17, 15) is 9.59 Å². The predicted molar refractivity (Wildman–Crippen MR) is 88.5 cm³/mol. The summed E-state index contributed by atoms with van der Waals surface area (Å²) in [4.78, 5) is 24.1. The van der Waals surface area contributed by atoms with Crippen molar-refractivity contribution in [1.82, 2.24) is 15.1 Å². The molecule has 0 saturated carbocycles. The van der Waals surface area contributed by atoms with E-state index in [4.69, 9.17) is 5.11 Å². The molecule has 1 heterocycles. The molecule has 23 heavy (non-hydrogen) atoms. The van der Waals surface area contributed by atoms with Crippen LogP contribution in [0.5, 0.6) is 0 Å². The lowest BCUT2D eigenvalue weighted by Gasteiger charge is -2.11. The number of thioether (sulfide) groups is 1. The van der Waals surface area contributed by atoms with Crippen LogP contribution in [0.3, 0.4) is 0 Å². The lowest BCUT2D eigenvalue weighted by Crippen LogP contribution is -2.24. The van der Waals surface area contributed by atoms with Crippen molar-refractivity contribution in [3.63, 3.8) is 0 Å². The van der Waals surface area contributed by atoms with Crippen LogP contribution < -0.4 is 5.32 Å². The SMILES string of the molecule is Cc1c(CNC(=O)c2ccccc2SC(C)C(=O)O)cnn1C. The molecular formula is C16H19N3O3S. The Hall–Kier alpha value is -2.28. The highest BCUT2D eigenvalue weighted by molar-refractivity contribution is 8.00. The summed E-state index contributed by atoms with van der Waals surface area (Å²) < 4.78 is 1.75. The Balaban J connectivity index is 2.10. The number of aromatic nitrogens is 2. The number of carbonyl (C=O) groups is 2. The summed E-state index contributed by atoms with van der Waals surface area (Å²) in [5, 5.41) is 15.4. The minimum absolute atomic E-state index is 0.228. The third-order valence-electron chi connectivity index (χ3n) is 3.56. The first kappa shape index (κ1) is 17.1. The van der Waals surface area contributed by atoms with E-state index in [0.29, 0.717) is 17.0 Å². The maximum absolute atomic E-state index is 12.4. The maximum Gasteiger partial charge on any atom is 0.316 e. The molecule has 122 valence electrons. The van der Waals surface area contributed by atoms with Gasteiger partial charge in [0.15, 0.2) is 0 Å². The van der Waals surface area contributed by atoms with Crippen molar-refractivity contribution in [2.75, 3.05) is 0 Å². The molecule has 0 aliphatic heterocycles. The fourth-order valence-electron chi connectivity index (χ4n) is 1.99. The summed E-state index contributed by atoms with van der Waals surface area (Å²) in [6.07, 6.45) is 1.72. The van der Waals surface area contributed by atoms with Gasteiger partial charge in [0.25, 0.3) is 5.91 Å². The van der Waals surface area contributed by atoms with Gasteiger partial charge < -0.3 is 10.4 Å². The Morgan fingerprint density at radius 2 is 2.09 bits per heavy atom. The molecule has 0 bridgehead atoms. The molecule has 1 amide bonds. The second kappa shape index (κ2) is 7.32. The maximum atomic E-state index is 12.4. The Morgan fingerprint density at radius 1 is 1.39 bits per heavy atom. The molecule has 0 saturated heterocycles. The smallest absolute Gasteiger partial charge is 0.316 e. The number of aryl methyl sites for hydroxylation is 1. The minimum Gasteiger partial charge on any atom is -0.480 e. The summed E-state index contributed by atoms with van der Waals surface area (Å²) >= 11 is 1.16. The molecule has 2 aromatic rings. The molecular weight excluding hydrogens is 314 g/mol. The highest BCUT2D eigenvalue weighted by Gasteiger charge is 2.18. The monoisotopic (exact) mass is 333 g/mol. The number of nitrogens with zero attached hydrogens (tertiary/aromatic N) is 2. The number of nitrogens with one attached hydrogen (secondary N) is 1. The first-order valence-electron chi connectivity index (χ1n) is 7.14. The predicted octanol–water partition coefficient (Wildman–Crippen LogP) is 2.22. The number of hydrogen-bond donors (Lipinski definition) is 2. The molecule has 2 rings (SSSR count). The van der Waals surface area contributed by atoms with Gasteiger partial charge in [-0.05, 0) is 26.0 Å². The second-order valence-electron chi connectivity index (χ2n) is 5.16. The van der Waals surface area contributed by atoms with Crippen LogP contribution in [0.4, 0.5) is 0 Å². The molecule has 2 N–H and O–H groups in total. The molecule has 1 aromatic heterocycles. The molecule has 1 atom stereocenters. The van der Waals surface area contributed by atoms with Crippen molar-refractivity contribution in [2.24, 2.45) is 7.05 Å². The van der Waals surface area contributed by atoms with Gasteiger partial charge >= 0.3 is 5.97 Å². The van der Waals surface area contributed by atoms with Crippen LogP contribution in [-0.4, -0.2) is 32.0 Å². The van der Waals surface area contributed by atoms with Crippen LogP contribution in [0, 0.1) is 6.92 Å². The number of carboxylic acid groups (broad SMARTS) is 1. The normalized spacial score (nSPS) is 12.0. The summed E-state index contributed by atoms with van der Waals surface area (Å²) in [6.45, 7) is 3.92. The summed E-state index contributed by atoms with van der Waals surface area (Å²) in [5.41, 5.74) is 2.42. The highest BCUT2D eigenvalue weighted by atomic mass is 32.2. The van der Waals surface area contributed by atoms with E-state index >= 15 is 0 Å². The van der Waals surface area contributed by atoms with Gasteiger partial charge in [-0.1, -0.05) is 12.1 Å². The number of benzene rings is 1. The van der Waals surface area contributed by atoms with Gasteiger partial charge in [-0.15, -0.1) is 11.8 Å². The number of hydrogen-bond acceptors (Lipinski definition) is 4. The van der Waals surface area contributed by atoms with Crippen LogP contribution in [0.1, 0.15) is 28.5 Å². The quantitative estimate of drug-likeness (QED) is 0.792. The molecule has 0 aliphatic rings. The fourth-order valence-corrected chi connectivity index (χ4v) is 2.91. The highest BCUT2D eigenvalue weighted by Crippen LogP contribution is 2.27. The van der Waals surface area contributed by atoms with E-state index in [0.717, 1.165) is 23.0 Å². The molecule has 6 nitrogen and oxygen atoms in total. The third kappa shape index (κ3) is 4.13. The Bertz CT molecular complexity index is 727. The lowest BCUT2D eigenvalue weighted by atomic mass is 10.2. The van der Waals surface area contributed by atoms with Gasteiger partial charge in [0.1, 0.15) is 5.25 Å². The van der Waals surface area contributed by atoms with Crippen LogP contribution in [0.2, 0.25) is 0 Å². The minimum atomic E-state index is -0.906. The van der Waals surface area contributed by atoms with Gasteiger partial charge in [-0.3, -0.25) is 14.3 Å². The van der Waals surface area contributed by atoms with Crippen LogP contribution in [-0.2, 0) is 18.4 Å². The fraction of sp³-hybridized carbons (Fsp3) is 0.312. The van der Waals surface area contributed by atoms with Crippen molar-refractivity contribution in [1.29, 1.82) is 0 Å². The number of aliphatic carboxylic acids is 1. The molecule has 0 radical (unpaired) electrons. The van der Waals surface area contributed by atoms with Gasteiger partial charge in [-0.2, -0.15) is 5.10 Å². The standard InChI is InChI=1S/C16H19N3O3S/c1-10-12(9-18-19(10)3)8-17-15(20)13-6-4-5-7-14(13)23-11(2)16(21)22/h4-7,9,11H,8H2,1-3H3,(H,17,20)(H,21,22). The summed E-state index contributed by atoms with van der Waals surface area (Å²) in [6, 6.07) is 7.01. The summed E-state index contributed by atoms with van der Waals surface area (Å²) in [5.74, 6) is -1.13. The summed E-state index contributed by atoms with van der Waals surface area (Å²) in [7, 11) is 1.85. The Kier molecular flexibility index (Phi) is 5.44. The topological polar surface area (TPSA) is 84.2 Å². The Morgan fingerprint density at radius 3 is 2.70 bits per heavy atom. The van der Waals surface area contributed by atoms with E-state index in [-0.39, 0.29) is 5.91 Å². The molecule has 1 unspecified atom stereocenters. The van der Waals surface area contributed by atoms with E-state index in [1.807, 2.05) is 14.0 Å². The third-order valence-corrected chi connectivity index (χ3v) is 4.72. The van der Waals surface area contributed by atoms with Crippen LogP contribution >= 0.6 is 11.8 Å². The van der Waals surface area contributed by atoms with Crippen LogP contribution in [0.15, 0.2) is 35.4 Å². The Labute approximate surface area is 138 Å². The molecule has 0 fully saturated rings. The second-order valence-corrected chi connectivity index (χ2v) is 6.54. The van der Waals surface area contributed by atoms with Gasteiger partial charge in [-0.25, -0.2) is 0 Å². The zero-order chi connectivity index (χ0) is 17.0.